The second-order valence-corrected chi connectivity index (χ2v) is 8.56. The molecule has 0 atom stereocenters. The first-order valence-electron chi connectivity index (χ1n) is 8.31. The van der Waals surface area contributed by atoms with Gasteiger partial charge in [-0.3, -0.25) is 4.79 Å². The van der Waals surface area contributed by atoms with Gasteiger partial charge in [0.15, 0.2) is 0 Å². The number of amides is 1. The van der Waals surface area contributed by atoms with Gasteiger partial charge in [-0.25, -0.2) is 8.42 Å². The summed E-state index contributed by atoms with van der Waals surface area (Å²) < 4.78 is 26.3. The summed E-state index contributed by atoms with van der Waals surface area (Å²) in [4.78, 5) is 13.6. The van der Waals surface area contributed by atoms with Crippen molar-refractivity contribution in [3.8, 4) is 6.07 Å². The zero-order valence-corrected chi connectivity index (χ0v) is 16.6. The molecule has 0 fully saturated rings. The Hall–Kier alpha value is -2.21. The molecule has 8 heteroatoms. The highest BCUT2D eigenvalue weighted by Gasteiger charge is 2.22. The zero-order chi connectivity index (χ0) is 19.3. The Labute approximate surface area is 158 Å². The van der Waals surface area contributed by atoms with Crippen molar-refractivity contribution >= 4 is 32.3 Å². The van der Waals surface area contributed by atoms with Crippen LogP contribution in [0.25, 0.3) is 0 Å². The van der Waals surface area contributed by atoms with Crippen LogP contribution < -0.4 is 5.32 Å². The molecule has 0 aliphatic heterocycles. The lowest BCUT2D eigenvalue weighted by Gasteiger charge is -2.18. The maximum absolute atomic E-state index is 12.5. The maximum Gasteiger partial charge on any atom is 0.256 e. The minimum atomic E-state index is -3.55. The zero-order valence-electron chi connectivity index (χ0n) is 14.9. The van der Waals surface area contributed by atoms with Crippen molar-refractivity contribution in [3.63, 3.8) is 0 Å². The number of sulfonamides is 1. The van der Waals surface area contributed by atoms with E-state index in [4.69, 9.17) is 5.26 Å². The van der Waals surface area contributed by atoms with Crippen LogP contribution in [0.1, 0.15) is 41.6 Å². The molecule has 0 aliphatic carbocycles. The number of anilines is 1. The molecule has 0 bridgehead atoms. The van der Waals surface area contributed by atoms with E-state index in [0.29, 0.717) is 29.2 Å². The van der Waals surface area contributed by atoms with Crippen molar-refractivity contribution in [1.29, 1.82) is 5.26 Å². The van der Waals surface area contributed by atoms with E-state index in [1.54, 1.807) is 19.9 Å². The van der Waals surface area contributed by atoms with Crippen molar-refractivity contribution in [1.82, 2.24) is 4.31 Å². The molecule has 0 aliphatic rings. The van der Waals surface area contributed by atoms with Crippen LogP contribution in [0.5, 0.6) is 0 Å². The first-order chi connectivity index (χ1) is 12.4. The Bertz CT molecular complexity index is 922. The third kappa shape index (κ3) is 4.12. The van der Waals surface area contributed by atoms with Gasteiger partial charge in [0.05, 0.1) is 10.5 Å². The molecule has 0 saturated heterocycles. The Balaban J connectivity index is 2.22. The third-order valence-electron chi connectivity index (χ3n) is 3.94. The fraction of sp³-hybridized carbons (Fsp3) is 0.333. The van der Waals surface area contributed by atoms with Crippen LogP contribution >= 0.6 is 11.3 Å². The number of nitrogens with one attached hydrogen (secondary N) is 1. The van der Waals surface area contributed by atoms with E-state index >= 15 is 0 Å². The number of hydrogen-bond acceptors (Lipinski definition) is 5. The summed E-state index contributed by atoms with van der Waals surface area (Å²) in [7, 11) is -3.55. The number of rotatable bonds is 7. The molecule has 6 nitrogen and oxygen atoms in total. The van der Waals surface area contributed by atoms with E-state index in [-0.39, 0.29) is 10.8 Å². The summed E-state index contributed by atoms with van der Waals surface area (Å²) in [5.74, 6) is -0.377. The Kier molecular flexibility index (Phi) is 6.53. The van der Waals surface area contributed by atoms with Crippen LogP contribution in [-0.2, 0) is 16.4 Å². The van der Waals surface area contributed by atoms with Gasteiger partial charge < -0.3 is 5.32 Å². The van der Waals surface area contributed by atoms with Gasteiger partial charge in [-0.2, -0.15) is 9.57 Å². The van der Waals surface area contributed by atoms with Crippen molar-refractivity contribution < 1.29 is 13.2 Å². The molecule has 0 saturated carbocycles. The van der Waals surface area contributed by atoms with Crippen molar-refractivity contribution in [2.45, 2.75) is 32.1 Å². The lowest BCUT2D eigenvalue weighted by Crippen LogP contribution is -2.30. The number of carbonyl (C=O) groups excluding carboxylic acids is 1. The van der Waals surface area contributed by atoms with E-state index in [9.17, 15) is 13.2 Å². The van der Waals surface area contributed by atoms with E-state index in [2.05, 4.69) is 11.4 Å². The molecule has 138 valence electrons. The highest BCUT2D eigenvalue weighted by Crippen LogP contribution is 2.28. The van der Waals surface area contributed by atoms with E-state index in [1.165, 1.54) is 39.9 Å². The molecule has 1 amide bonds. The summed E-state index contributed by atoms with van der Waals surface area (Å²) in [5.41, 5.74) is 0.764. The van der Waals surface area contributed by atoms with Gasteiger partial charge in [-0.15, -0.1) is 11.3 Å². The van der Waals surface area contributed by atoms with Gasteiger partial charge in [0, 0.05) is 23.5 Å². The average Bonchev–Trinajstić information content (AvgIpc) is 3.04. The van der Waals surface area contributed by atoms with Crippen LogP contribution in [-0.4, -0.2) is 31.7 Å². The SMILES string of the molecule is CCc1cc(C#N)c(NC(=O)c2ccc(S(=O)(=O)N(CC)CC)cc2)s1. The predicted molar refractivity (Wildman–Crippen MR) is 103 cm³/mol. The van der Waals surface area contributed by atoms with Gasteiger partial charge in [-0.1, -0.05) is 20.8 Å². The fourth-order valence-corrected chi connectivity index (χ4v) is 4.86. The number of hydrogen-bond donors (Lipinski definition) is 1. The van der Waals surface area contributed by atoms with Crippen LogP contribution in [0.15, 0.2) is 35.2 Å². The van der Waals surface area contributed by atoms with Crippen molar-refractivity contribution in [2.24, 2.45) is 0 Å². The topological polar surface area (TPSA) is 90.3 Å². The summed E-state index contributed by atoms with van der Waals surface area (Å²) in [6, 6.07) is 9.65. The average molecular weight is 392 g/mol. The normalized spacial score (nSPS) is 11.3. The molecule has 2 aromatic rings. The van der Waals surface area contributed by atoms with Crippen LogP contribution in [0.2, 0.25) is 0 Å². The lowest BCUT2D eigenvalue weighted by molar-refractivity contribution is 0.102. The van der Waals surface area contributed by atoms with Gasteiger partial charge in [0.1, 0.15) is 11.1 Å². The summed E-state index contributed by atoms with van der Waals surface area (Å²) in [5, 5.41) is 12.4. The quantitative estimate of drug-likeness (QED) is 0.782. The monoisotopic (exact) mass is 391 g/mol. The summed E-state index contributed by atoms with van der Waals surface area (Å²) >= 11 is 1.37. The smallest absolute Gasteiger partial charge is 0.256 e. The van der Waals surface area contributed by atoms with Gasteiger partial charge in [0.25, 0.3) is 5.91 Å². The Morgan fingerprint density at radius 2 is 1.81 bits per heavy atom. The van der Waals surface area contributed by atoms with Gasteiger partial charge in [-0.05, 0) is 36.8 Å². The molecule has 0 unspecified atom stereocenters. The van der Waals surface area contributed by atoms with Crippen LogP contribution in [0.4, 0.5) is 5.00 Å². The molecule has 1 aromatic heterocycles. The fourth-order valence-electron chi connectivity index (χ4n) is 2.46. The minimum absolute atomic E-state index is 0.153. The van der Waals surface area contributed by atoms with E-state index in [0.717, 1.165) is 11.3 Å². The van der Waals surface area contributed by atoms with E-state index < -0.39 is 10.0 Å². The largest absolute Gasteiger partial charge is 0.312 e. The second-order valence-electron chi connectivity index (χ2n) is 5.49. The molecule has 1 aromatic carbocycles. The molecular weight excluding hydrogens is 370 g/mol. The first-order valence-corrected chi connectivity index (χ1v) is 10.6. The number of nitriles is 1. The molecule has 0 spiro atoms. The Morgan fingerprint density at radius 1 is 1.19 bits per heavy atom. The highest BCUT2D eigenvalue weighted by molar-refractivity contribution is 7.89. The van der Waals surface area contributed by atoms with Gasteiger partial charge >= 0.3 is 0 Å². The molecule has 0 radical (unpaired) electrons. The summed E-state index contributed by atoms with van der Waals surface area (Å²) in [6.45, 7) is 6.31. The Morgan fingerprint density at radius 3 is 2.31 bits per heavy atom. The highest BCUT2D eigenvalue weighted by atomic mass is 32.2. The minimum Gasteiger partial charge on any atom is -0.312 e. The second kappa shape index (κ2) is 8.45. The summed E-state index contributed by atoms with van der Waals surface area (Å²) in [6.07, 6.45) is 0.785. The molecule has 26 heavy (non-hydrogen) atoms. The van der Waals surface area contributed by atoms with Crippen LogP contribution in [0, 0.1) is 11.3 Å². The lowest BCUT2D eigenvalue weighted by atomic mass is 10.2. The number of carbonyl (C=O) groups is 1. The molecule has 1 heterocycles. The third-order valence-corrected chi connectivity index (χ3v) is 7.20. The van der Waals surface area contributed by atoms with Gasteiger partial charge in [0.2, 0.25) is 10.0 Å². The number of nitrogens with zero attached hydrogens (tertiary/aromatic N) is 2. The standard InChI is InChI=1S/C18H21N3O3S2/c1-4-15-11-14(12-19)18(25-15)20-17(22)13-7-9-16(10-8-13)26(23,24)21(5-2)6-3/h7-11H,4-6H2,1-3H3,(H,20,22). The maximum atomic E-state index is 12.5. The molecule has 2 rings (SSSR count). The van der Waals surface area contributed by atoms with Crippen LogP contribution in [0.3, 0.4) is 0 Å². The first kappa shape index (κ1) is 20.1. The predicted octanol–water partition coefficient (Wildman–Crippen LogP) is 3.46. The number of thiophene rings is 1. The van der Waals surface area contributed by atoms with E-state index in [1.807, 2.05) is 6.92 Å². The number of benzene rings is 1. The number of aryl methyl sites for hydroxylation is 1. The molecule has 1 N–H and O–H groups in total. The van der Waals surface area contributed by atoms with Crippen molar-refractivity contribution in [2.75, 3.05) is 18.4 Å². The molecular formula is C18H21N3O3S2. The van der Waals surface area contributed by atoms with Crippen molar-refractivity contribution in [3.05, 3.63) is 46.3 Å².